The van der Waals surface area contributed by atoms with Crippen LogP contribution in [-0.4, -0.2) is 38.5 Å². The summed E-state index contributed by atoms with van der Waals surface area (Å²) in [7, 11) is 0. The molecule has 0 atom stereocenters. The fourth-order valence-corrected chi connectivity index (χ4v) is 4.12. The van der Waals surface area contributed by atoms with Gasteiger partial charge in [-0.1, -0.05) is 18.5 Å². The molecule has 0 saturated carbocycles. The van der Waals surface area contributed by atoms with Crippen molar-refractivity contribution >= 4 is 34.5 Å². The third-order valence-electron chi connectivity index (χ3n) is 4.53. The lowest BCUT2D eigenvalue weighted by atomic mass is 9.99. The van der Waals surface area contributed by atoms with Crippen molar-refractivity contribution in [3.8, 4) is 10.6 Å². The van der Waals surface area contributed by atoms with Gasteiger partial charge in [0.05, 0.1) is 21.1 Å². The molecular formula is C17H17ClN4OS. The van der Waals surface area contributed by atoms with Gasteiger partial charge in [-0.05, 0) is 37.0 Å². The molecule has 0 N–H and O–H groups in total. The summed E-state index contributed by atoms with van der Waals surface area (Å²) < 4.78 is 2.45. The maximum Gasteiger partial charge on any atom is 0.259 e. The van der Waals surface area contributed by atoms with Gasteiger partial charge in [-0.25, -0.2) is 9.50 Å². The number of piperidine rings is 1. The van der Waals surface area contributed by atoms with Crippen LogP contribution in [0.15, 0.2) is 30.6 Å². The molecule has 24 heavy (non-hydrogen) atoms. The van der Waals surface area contributed by atoms with Crippen LogP contribution < -0.4 is 0 Å². The Balaban J connectivity index is 1.72. The monoisotopic (exact) mass is 360 g/mol. The average Bonchev–Trinajstić information content (AvgIpc) is 3.21. The molecule has 0 aliphatic carbocycles. The van der Waals surface area contributed by atoms with Gasteiger partial charge in [0.15, 0.2) is 5.65 Å². The highest BCUT2D eigenvalue weighted by atomic mass is 35.5. The number of halogens is 1. The van der Waals surface area contributed by atoms with Crippen LogP contribution in [0.2, 0.25) is 4.34 Å². The summed E-state index contributed by atoms with van der Waals surface area (Å²) in [5.74, 6) is 0.706. The molecule has 0 radical (unpaired) electrons. The number of carbonyl (C=O) groups excluding carboxylic acids is 1. The number of aromatic nitrogens is 3. The highest BCUT2D eigenvalue weighted by Crippen LogP contribution is 2.31. The minimum Gasteiger partial charge on any atom is -0.338 e. The number of thiophene rings is 1. The number of carbonyl (C=O) groups is 1. The molecule has 3 aromatic rings. The largest absolute Gasteiger partial charge is 0.338 e. The summed E-state index contributed by atoms with van der Waals surface area (Å²) in [6.07, 6.45) is 5.45. The lowest BCUT2D eigenvalue weighted by Crippen LogP contribution is -2.37. The van der Waals surface area contributed by atoms with Crippen molar-refractivity contribution in [2.45, 2.75) is 19.8 Å². The Labute approximate surface area is 148 Å². The van der Waals surface area contributed by atoms with E-state index in [4.69, 9.17) is 11.6 Å². The van der Waals surface area contributed by atoms with Crippen LogP contribution in [0.1, 0.15) is 30.1 Å². The van der Waals surface area contributed by atoms with Gasteiger partial charge in [-0.3, -0.25) is 4.79 Å². The summed E-state index contributed by atoms with van der Waals surface area (Å²) in [6.45, 7) is 3.84. The minimum atomic E-state index is 0.0192. The van der Waals surface area contributed by atoms with Crippen molar-refractivity contribution in [1.82, 2.24) is 19.5 Å². The number of hydrogen-bond donors (Lipinski definition) is 0. The van der Waals surface area contributed by atoms with E-state index < -0.39 is 0 Å². The van der Waals surface area contributed by atoms with Crippen molar-refractivity contribution in [2.24, 2.45) is 5.92 Å². The number of likely N-dealkylation sites (tertiary alicyclic amines) is 1. The zero-order valence-electron chi connectivity index (χ0n) is 13.3. The lowest BCUT2D eigenvalue weighted by molar-refractivity contribution is 0.0699. The van der Waals surface area contributed by atoms with Crippen molar-refractivity contribution in [1.29, 1.82) is 0 Å². The van der Waals surface area contributed by atoms with E-state index in [1.807, 2.05) is 23.1 Å². The van der Waals surface area contributed by atoms with Crippen LogP contribution in [0, 0.1) is 5.92 Å². The fraction of sp³-hybridized carbons (Fsp3) is 0.353. The van der Waals surface area contributed by atoms with Gasteiger partial charge >= 0.3 is 0 Å². The van der Waals surface area contributed by atoms with Crippen LogP contribution in [0.25, 0.3) is 16.2 Å². The predicted octanol–water partition coefficient (Wildman–Crippen LogP) is 3.98. The topological polar surface area (TPSA) is 50.5 Å². The second-order valence-electron chi connectivity index (χ2n) is 6.20. The van der Waals surface area contributed by atoms with E-state index in [1.165, 1.54) is 11.3 Å². The molecule has 7 heteroatoms. The minimum absolute atomic E-state index is 0.0192. The molecule has 4 rings (SSSR count). The zero-order chi connectivity index (χ0) is 16.7. The van der Waals surface area contributed by atoms with E-state index in [1.54, 1.807) is 16.9 Å². The molecule has 1 fully saturated rings. The van der Waals surface area contributed by atoms with Gasteiger partial charge in [0.1, 0.15) is 5.56 Å². The van der Waals surface area contributed by atoms with Crippen molar-refractivity contribution in [3.05, 3.63) is 40.5 Å². The smallest absolute Gasteiger partial charge is 0.259 e. The number of nitrogens with zero attached hydrogens (tertiary/aromatic N) is 4. The second kappa shape index (κ2) is 6.18. The second-order valence-corrected chi connectivity index (χ2v) is 7.92. The Morgan fingerprint density at radius 1 is 1.29 bits per heavy atom. The molecule has 4 heterocycles. The van der Waals surface area contributed by atoms with Crippen LogP contribution in [0.3, 0.4) is 0 Å². The number of fused-ring (bicyclic) bond motifs is 1. The van der Waals surface area contributed by atoms with Crippen LogP contribution >= 0.6 is 22.9 Å². The third-order valence-corrected chi connectivity index (χ3v) is 5.78. The van der Waals surface area contributed by atoms with Gasteiger partial charge in [0.2, 0.25) is 0 Å². The van der Waals surface area contributed by atoms with Gasteiger partial charge in [0.25, 0.3) is 5.91 Å². The third kappa shape index (κ3) is 2.70. The van der Waals surface area contributed by atoms with Crippen LogP contribution in [-0.2, 0) is 0 Å². The highest BCUT2D eigenvalue weighted by Gasteiger charge is 2.25. The summed E-state index contributed by atoms with van der Waals surface area (Å²) in [5.41, 5.74) is 2.05. The molecule has 1 saturated heterocycles. The van der Waals surface area contributed by atoms with E-state index in [2.05, 4.69) is 17.0 Å². The maximum absolute atomic E-state index is 12.8. The first-order valence-corrected chi connectivity index (χ1v) is 9.20. The molecule has 1 aliphatic heterocycles. The molecule has 5 nitrogen and oxygen atoms in total. The van der Waals surface area contributed by atoms with Crippen LogP contribution in [0.4, 0.5) is 0 Å². The zero-order valence-corrected chi connectivity index (χ0v) is 14.8. The van der Waals surface area contributed by atoms with E-state index in [0.29, 0.717) is 17.1 Å². The Morgan fingerprint density at radius 3 is 2.79 bits per heavy atom. The molecule has 0 aromatic carbocycles. The van der Waals surface area contributed by atoms with E-state index in [0.717, 1.165) is 40.8 Å². The van der Waals surface area contributed by atoms with E-state index >= 15 is 0 Å². The SMILES string of the molecule is CC1CCN(C(=O)c2cnn3c(-c4ccc(Cl)s4)ccnc23)CC1. The quantitative estimate of drug-likeness (QED) is 0.694. The van der Waals surface area contributed by atoms with E-state index in [-0.39, 0.29) is 5.91 Å². The average molecular weight is 361 g/mol. The molecule has 0 bridgehead atoms. The molecule has 1 amide bonds. The molecule has 0 spiro atoms. The molecule has 0 unspecified atom stereocenters. The summed E-state index contributed by atoms with van der Waals surface area (Å²) in [5, 5.41) is 4.41. The number of hydrogen-bond acceptors (Lipinski definition) is 4. The maximum atomic E-state index is 12.8. The first-order valence-electron chi connectivity index (χ1n) is 8.01. The molecular weight excluding hydrogens is 344 g/mol. The number of rotatable bonds is 2. The Morgan fingerprint density at radius 2 is 2.08 bits per heavy atom. The van der Waals surface area contributed by atoms with Gasteiger partial charge in [-0.15, -0.1) is 11.3 Å². The van der Waals surface area contributed by atoms with Gasteiger partial charge in [0, 0.05) is 19.3 Å². The predicted molar refractivity (Wildman–Crippen MR) is 95.6 cm³/mol. The summed E-state index contributed by atoms with van der Waals surface area (Å²) >= 11 is 7.53. The fourth-order valence-electron chi connectivity index (χ4n) is 3.06. The molecule has 124 valence electrons. The summed E-state index contributed by atoms with van der Waals surface area (Å²) in [4.78, 5) is 20.1. The molecule has 1 aliphatic rings. The van der Waals surface area contributed by atoms with Crippen molar-refractivity contribution in [3.63, 3.8) is 0 Å². The standard InChI is InChI=1S/C17H17ClN4OS/c1-11-5-8-21(9-6-11)17(23)12-10-20-22-13(4-7-19-16(12)22)14-2-3-15(18)24-14/h2-4,7,10-11H,5-6,8-9H2,1H3. The Hall–Kier alpha value is -1.92. The van der Waals surface area contributed by atoms with Gasteiger partial charge in [-0.2, -0.15) is 5.10 Å². The lowest BCUT2D eigenvalue weighted by Gasteiger charge is -2.29. The Kier molecular flexibility index (Phi) is 4.02. The first-order chi connectivity index (χ1) is 11.6. The first kappa shape index (κ1) is 15.6. The summed E-state index contributed by atoms with van der Waals surface area (Å²) in [6, 6.07) is 5.70. The van der Waals surface area contributed by atoms with E-state index in [9.17, 15) is 4.79 Å². The van der Waals surface area contributed by atoms with Crippen molar-refractivity contribution < 1.29 is 4.79 Å². The molecule has 3 aromatic heterocycles. The normalized spacial score (nSPS) is 16.0. The van der Waals surface area contributed by atoms with Crippen LogP contribution in [0.5, 0.6) is 0 Å². The Bertz CT molecular complexity index is 895. The highest BCUT2D eigenvalue weighted by molar-refractivity contribution is 7.19. The number of amides is 1. The van der Waals surface area contributed by atoms with Crippen molar-refractivity contribution in [2.75, 3.05) is 13.1 Å². The van der Waals surface area contributed by atoms with Gasteiger partial charge < -0.3 is 4.90 Å².